The zero-order valence-electron chi connectivity index (χ0n) is 12.5. The SMILES string of the molecule is CC(C)(C(=O)O)C1CCCN(C(=O)C(N)CCC(=O)O)C1. The van der Waals surface area contributed by atoms with E-state index >= 15 is 0 Å². The van der Waals surface area contributed by atoms with Gasteiger partial charge in [0.2, 0.25) is 5.91 Å². The van der Waals surface area contributed by atoms with Crippen LogP contribution in [-0.4, -0.2) is 52.1 Å². The van der Waals surface area contributed by atoms with Crippen LogP contribution in [0.2, 0.25) is 0 Å². The maximum Gasteiger partial charge on any atom is 0.309 e. The number of piperidine rings is 1. The molecule has 2 unspecified atom stereocenters. The molecule has 1 aliphatic rings. The zero-order valence-corrected chi connectivity index (χ0v) is 12.5. The smallest absolute Gasteiger partial charge is 0.309 e. The Morgan fingerprint density at radius 1 is 1.33 bits per heavy atom. The van der Waals surface area contributed by atoms with E-state index in [2.05, 4.69) is 0 Å². The Balaban J connectivity index is 2.65. The minimum absolute atomic E-state index is 0.0949. The average Bonchev–Trinajstić information content (AvgIpc) is 2.43. The van der Waals surface area contributed by atoms with Gasteiger partial charge in [-0.1, -0.05) is 0 Å². The van der Waals surface area contributed by atoms with Gasteiger partial charge in [0.25, 0.3) is 0 Å². The van der Waals surface area contributed by atoms with Crippen LogP contribution in [-0.2, 0) is 14.4 Å². The summed E-state index contributed by atoms with van der Waals surface area (Å²) in [5.41, 5.74) is 4.84. The second kappa shape index (κ2) is 6.89. The molecule has 4 N–H and O–H groups in total. The molecule has 7 nitrogen and oxygen atoms in total. The Labute approximate surface area is 124 Å². The largest absolute Gasteiger partial charge is 0.481 e. The minimum atomic E-state index is -0.984. The highest BCUT2D eigenvalue weighted by molar-refractivity contribution is 5.82. The van der Waals surface area contributed by atoms with Crippen LogP contribution in [0, 0.1) is 11.3 Å². The first-order valence-electron chi connectivity index (χ1n) is 7.15. The van der Waals surface area contributed by atoms with E-state index in [0.29, 0.717) is 13.1 Å². The highest BCUT2D eigenvalue weighted by Crippen LogP contribution is 2.34. The Hall–Kier alpha value is -1.63. The Bertz CT molecular complexity index is 422. The molecule has 0 saturated carbocycles. The molecule has 120 valence electrons. The normalized spacial score (nSPS) is 20.9. The summed E-state index contributed by atoms with van der Waals surface area (Å²) in [6, 6.07) is -0.840. The molecule has 21 heavy (non-hydrogen) atoms. The monoisotopic (exact) mass is 300 g/mol. The molecule has 0 bridgehead atoms. The van der Waals surface area contributed by atoms with Crippen LogP contribution in [0.3, 0.4) is 0 Å². The minimum Gasteiger partial charge on any atom is -0.481 e. The molecule has 0 aliphatic carbocycles. The highest BCUT2D eigenvalue weighted by atomic mass is 16.4. The van der Waals surface area contributed by atoms with Gasteiger partial charge in [-0.3, -0.25) is 14.4 Å². The number of amides is 1. The number of likely N-dealkylation sites (tertiary alicyclic amines) is 1. The standard InChI is InChI=1S/C14H24N2O5/c1-14(2,13(20)21)9-4-3-7-16(8-9)12(19)10(15)5-6-11(17)18/h9-10H,3-8,15H2,1-2H3,(H,17,18)(H,20,21). The number of hydrogen-bond acceptors (Lipinski definition) is 4. The molecule has 1 amide bonds. The lowest BCUT2D eigenvalue weighted by atomic mass is 9.74. The molecule has 1 rings (SSSR count). The summed E-state index contributed by atoms with van der Waals surface area (Å²) in [5, 5.41) is 17.9. The average molecular weight is 300 g/mol. The van der Waals surface area contributed by atoms with Crippen molar-refractivity contribution in [2.24, 2.45) is 17.1 Å². The Kier molecular flexibility index (Phi) is 5.71. The van der Waals surface area contributed by atoms with Crippen LogP contribution in [0.1, 0.15) is 39.5 Å². The number of hydrogen-bond donors (Lipinski definition) is 3. The van der Waals surface area contributed by atoms with E-state index < -0.39 is 23.4 Å². The van der Waals surface area contributed by atoms with Gasteiger partial charge in [-0.25, -0.2) is 0 Å². The van der Waals surface area contributed by atoms with E-state index in [4.69, 9.17) is 10.8 Å². The van der Waals surface area contributed by atoms with E-state index in [9.17, 15) is 19.5 Å². The number of aliphatic carboxylic acids is 2. The molecular formula is C14H24N2O5. The van der Waals surface area contributed by atoms with Gasteiger partial charge in [0, 0.05) is 19.5 Å². The first kappa shape index (κ1) is 17.4. The lowest BCUT2D eigenvalue weighted by Gasteiger charge is -2.40. The van der Waals surface area contributed by atoms with Crippen molar-refractivity contribution in [1.82, 2.24) is 4.90 Å². The number of rotatable bonds is 6. The summed E-state index contributed by atoms with van der Waals surface area (Å²) in [5.74, 6) is -2.28. The zero-order chi connectivity index (χ0) is 16.2. The third-order valence-electron chi connectivity index (χ3n) is 4.29. The van der Waals surface area contributed by atoms with Crippen molar-refractivity contribution in [3.8, 4) is 0 Å². The van der Waals surface area contributed by atoms with Crippen LogP contribution in [0.15, 0.2) is 0 Å². The number of nitrogens with zero attached hydrogens (tertiary/aromatic N) is 1. The first-order chi connectivity index (χ1) is 9.66. The second-order valence-electron chi connectivity index (χ2n) is 6.19. The van der Waals surface area contributed by atoms with Gasteiger partial charge in [-0.2, -0.15) is 0 Å². The van der Waals surface area contributed by atoms with Gasteiger partial charge in [0.15, 0.2) is 0 Å². The number of carboxylic acids is 2. The van der Waals surface area contributed by atoms with Crippen molar-refractivity contribution < 1.29 is 24.6 Å². The lowest BCUT2D eigenvalue weighted by Crippen LogP contribution is -2.51. The third kappa shape index (κ3) is 4.42. The fourth-order valence-electron chi connectivity index (χ4n) is 2.58. The molecule has 1 fully saturated rings. The number of carbonyl (C=O) groups is 3. The third-order valence-corrected chi connectivity index (χ3v) is 4.29. The van der Waals surface area contributed by atoms with E-state index in [1.807, 2.05) is 0 Å². The van der Waals surface area contributed by atoms with Crippen LogP contribution < -0.4 is 5.73 Å². The second-order valence-corrected chi connectivity index (χ2v) is 6.19. The summed E-state index contributed by atoms with van der Waals surface area (Å²) < 4.78 is 0. The van der Waals surface area contributed by atoms with Gasteiger partial charge in [-0.05, 0) is 39.0 Å². The molecular weight excluding hydrogens is 276 g/mol. The fraction of sp³-hybridized carbons (Fsp3) is 0.786. The van der Waals surface area contributed by atoms with Gasteiger partial charge in [0.1, 0.15) is 0 Å². The van der Waals surface area contributed by atoms with Crippen molar-refractivity contribution in [2.75, 3.05) is 13.1 Å². The van der Waals surface area contributed by atoms with Gasteiger partial charge in [-0.15, -0.1) is 0 Å². The number of nitrogens with two attached hydrogens (primary N) is 1. The summed E-state index contributed by atoms with van der Waals surface area (Å²) in [4.78, 5) is 35.6. The maximum atomic E-state index is 12.2. The first-order valence-corrected chi connectivity index (χ1v) is 7.15. The highest BCUT2D eigenvalue weighted by Gasteiger charge is 2.40. The fourth-order valence-corrected chi connectivity index (χ4v) is 2.58. The summed E-state index contributed by atoms with van der Waals surface area (Å²) >= 11 is 0. The van der Waals surface area contributed by atoms with Crippen molar-refractivity contribution >= 4 is 17.8 Å². The molecule has 2 atom stereocenters. The van der Waals surface area contributed by atoms with Crippen molar-refractivity contribution in [3.05, 3.63) is 0 Å². The van der Waals surface area contributed by atoms with Gasteiger partial charge >= 0.3 is 11.9 Å². The molecule has 0 radical (unpaired) electrons. The number of carboxylic acid groups (broad SMARTS) is 2. The van der Waals surface area contributed by atoms with E-state index in [1.165, 1.54) is 0 Å². The van der Waals surface area contributed by atoms with Gasteiger partial charge < -0.3 is 20.8 Å². The predicted molar refractivity (Wildman–Crippen MR) is 75.6 cm³/mol. The van der Waals surface area contributed by atoms with Crippen molar-refractivity contribution in [2.45, 2.75) is 45.6 Å². The van der Waals surface area contributed by atoms with Crippen LogP contribution in [0.5, 0.6) is 0 Å². The molecule has 0 aromatic heterocycles. The summed E-state index contributed by atoms with van der Waals surface area (Å²) in [7, 11) is 0. The van der Waals surface area contributed by atoms with Crippen molar-refractivity contribution in [3.63, 3.8) is 0 Å². The van der Waals surface area contributed by atoms with Gasteiger partial charge in [0.05, 0.1) is 11.5 Å². The molecule has 0 spiro atoms. The quantitative estimate of drug-likeness (QED) is 0.658. The van der Waals surface area contributed by atoms with Crippen LogP contribution in [0.4, 0.5) is 0 Å². The lowest BCUT2D eigenvalue weighted by molar-refractivity contribution is -0.153. The summed E-state index contributed by atoms with van der Waals surface area (Å²) in [6.45, 7) is 4.24. The molecule has 1 saturated heterocycles. The molecule has 1 heterocycles. The predicted octanol–water partition coefficient (Wildman–Crippen LogP) is 0.528. The molecule has 1 aliphatic heterocycles. The Morgan fingerprint density at radius 3 is 2.48 bits per heavy atom. The number of carbonyl (C=O) groups excluding carboxylic acids is 1. The van der Waals surface area contributed by atoms with E-state index in [0.717, 1.165) is 12.8 Å². The van der Waals surface area contributed by atoms with E-state index in [1.54, 1.807) is 18.7 Å². The molecule has 0 aromatic rings. The maximum absolute atomic E-state index is 12.2. The topological polar surface area (TPSA) is 121 Å². The summed E-state index contributed by atoms with van der Waals surface area (Å²) in [6.07, 6.45) is 1.44. The van der Waals surface area contributed by atoms with E-state index in [-0.39, 0.29) is 24.7 Å². The molecule has 0 aromatic carbocycles. The van der Waals surface area contributed by atoms with Crippen molar-refractivity contribution in [1.29, 1.82) is 0 Å². The Morgan fingerprint density at radius 2 is 1.95 bits per heavy atom. The molecule has 7 heteroatoms. The van der Waals surface area contributed by atoms with Crippen LogP contribution >= 0.6 is 0 Å². The van der Waals surface area contributed by atoms with Crippen LogP contribution in [0.25, 0.3) is 0 Å².